The summed E-state index contributed by atoms with van der Waals surface area (Å²) in [5.41, 5.74) is 3.14. The van der Waals surface area contributed by atoms with Crippen molar-refractivity contribution in [3.8, 4) is 0 Å². The number of nitrogens with zero attached hydrogens (tertiary/aromatic N) is 1. The van der Waals surface area contributed by atoms with Gasteiger partial charge in [-0.25, -0.2) is 0 Å². The van der Waals surface area contributed by atoms with Crippen LogP contribution < -0.4 is 5.32 Å². The molecule has 4 nitrogen and oxygen atoms in total. The first kappa shape index (κ1) is 25.5. The van der Waals surface area contributed by atoms with Gasteiger partial charge >= 0.3 is 0 Å². The van der Waals surface area contributed by atoms with Crippen LogP contribution in [-0.4, -0.2) is 35.6 Å². The Morgan fingerprint density at radius 3 is 2.24 bits per heavy atom. The highest BCUT2D eigenvalue weighted by molar-refractivity contribution is 9.10. The van der Waals surface area contributed by atoms with Gasteiger partial charge in [0.25, 0.3) is 0 Å². The lowest BCUT2D eigenvalue weighted by atomic mass is 10.0. The number of halogens is 2. The minimum absolute atomic E-state index is 0.0541. The van der Waals surface area contributed by atoms with E-state index in [2.05, 4.69) is 37.2 Å². The smallest absolute Gasteiger partial charge is 0.242 e. The second kappa shape index (κ2) is 13.0. The van der Waals surface area contributed by atoms with Crippen LogP contribution in [-0.2, 0) is 28.3 Å². The lowest BCUT2D eigenvalue weighted by molar-refractivity contribution is -0.139. The van der Waals surface area contributed by atoms with Gasteiger partial charge in [-0.3, -0.25) is 9.59 Å². The fourth-order valence-corrected chi connectivity index (χ4v) is 5.05. The van der Waals surface area contributed by atoms with Gasteiger partial charge in [0.1, 0.15) is 6.04 Å². The van der Waals surface area contributed by atoms with Crippen LogP contribution in [0.4, 0.5) is 0 Å². The van der Waals surface area contributed by atoms with E-state index in [1.165, 1.54) is 0 Å². The van der Waals surface area contributed by atoms with Crippen LogP contribution >= 0.6 is 43.6 Å². The fourth-order valence-electron chi connectivity index (χ4n) is 3.47. The van der Waals surface area contributed by atoms with Crippen LogP contribution in [0.5, 0.6) is 0 Å². The monoisotopic (exact) mass is 588 g/mol. The van der Waals surface area contributed by atoms with Crippen LogP contribution in [0.3, 0.4) is 0 Å². The summed E-state index contributed by atoms with van der Waals surface area (Å²) < 4.78 is 1.97. The summed E-state index contributed by atoms with van der Waals surface area (Å²) >= 11 is 8.51. The van der Waals surface area contributed by atoms with E-state index in [1.54, 1.807) is 23.7 Å². The van der Waals surface area contributed by atoms with E-state index in [0.717, 1.165) is 31.4 Å². The summed E-state index contributed by atoms with van der Waals surface area (Å²) in [6.45, 7) is 0.363. The number of carbonyl (C=O) groups is 2. The van der Waals surface area contributed by atoms with Crippen molar-refractivity contribution in [3.05, 3.63) is 104 Å². The predicted molar refractivity (Wildman–Crippen MR) is 143 cm³/mol. The van der Waals surface area contributed by atoms with E-state index in [0.29, 0.717) is 18.7 Å². The van der Waals surface area contributed by atoms with E-state index >= 15 is 0 Å². The Morgan fingerprint density at radius 2 is 1.58 bits per heavy atom. The van der Waals surface area contributed by atoms with Gasteiger partial charge in [0.2, 0.25) is 11.8 Å². The second-order valence-corrected chi connectivity index (χ2v) is 10.4. The van der Waals surface area contributed by atoms with Crippen LogP contribution in [0.15, 0.2) is 87.8 Å². The molecule has 0 spiro atoms. The van der Waals surface area contributed by atoms with Gasteiger partial charge in [-0.2, -0.15) is 0 Å². The first-order valence-corrected chi connectivity index (χ1v) is 13.3. The molecule has 1 N–H and O–H groups in total. The van der Waals surface area contributed by atoms with Crippen molar-refractivity contribution < 1.29 is 9.59 Å². The minimum Gasteiger partial charge on any atom is -0.357 e. The molecule has 0 radical (unpaired) electrons. The minimum atomic E-state index is -0.600. The van der Waals surface area contributed by atoms with Gasteiger partial charge in [-0.15, -0.1) is 11.8 Å². The maximum Gasteiger partial charge on any atom is 0.242 e. The third kappa shape index (κ3) is 8.02. The summed E-state index contributed by atoms with van der Waals surface area (Å²) in [5, 5.41) is 2.75. The number of benzene rings is 3. The Labute approximate surface area is 216 Å². The van der Waals surface area contributed by atoms with Gasteiger partial charge < -0.3 is 10.2 Å². The van der Waals surface area contributed by atoms with Gasteiger partial charge in [-0.05, 0) is 41.0 Å². The van der Waals surface area contributed by atoms with E-state index in [1.807, 2.05) is 78.9 Å². The SMILES string of the molecule is CNC(=O)[C@@H](Cc1ccccc1)N(Cc1cccc(Br)c1)C(=O)CSCc1ccc(Br)cc1. The molecule has 0 heterocycles. The van der Waals surface area contributed by atoms with Crippen LogP contribution in [0.2, 0.25) is 0 Å². The average Bonchev–Trinajstić information content (AvgIpc) is 2.82. The Kier molecular flexibility index (Phi) is 10.0. The Hall–Kier alpha value is -2.09. The fraction of sp³-hybridized carbons (Fsp3) is 0.231. The third-order valence-electron chi connectivity index (χ3n) is 5.17. The number of thioether (sulfide) groups is 1. The molecule has 0 unspecified atom stereocenters. The molecule has 2 amide bonds. The summed E-state index contributed by atoms with van der Waals surface area (Å²) in [4.78, 5) is 28.1. The maximum atomic E-state index is 13.4. The molecule has 7 heteroatoms. The molecule has 0 aliphatic rings. The van der Waals surface area contributed by atoms with Crippen molar-refractivity contribution in [1.82, 2.24) is 10.2 Å². The molecule has 172 valence electrons. The molecule has 3 rings (SSSR count). The van der Waals surface area contributed by atoms with Gasteiger partial charge in [0.05, 0.1) is 5.75 Å². The molecule has 3 aromatic carbocycles. The van der Waals surface area contributed by atoms with E-state index < -0.39 is 6.04 Å². The second-order valence-electron chi connectivity index (χ2n) is 7.59. The van der Waals surface area contributed by atoms with Crippen molar-refractivity contribution in [2.75, 3.05) is 12.8 Å². The molecule has 0 saturated heterocycles. The highest BCUT2D eigenvalue weighted by Crippen LogP contribution is 2.21. The lowest BCUT2D eigenvalue weighted by Gasteiger charge is -2.31. The highest BCUT2D eigenvalue weighted by Gasteiger charge is 2.29. The topological polar surface area (TPSA) is 49.4 Å². The maximum absolute atomic E-state index is 13.4. The Morgan fingerprint density at radius 1 is 0.879 bits per heavy atom. The third-order valence-corrected chi connectivity index (χ3v) is 7.18. The predicted octanol–water partition coefficient (Wildman–Crippen LogP) is 5.83. The van der Waals surface area contributed by atoms with Crippen LogP contribution in [0.25, 0.3) is 0 Å². The molecular formula is C26H26Br2N2O2S. The van der Waals surface area contributed by atoms with Crippen molar-refractivity contribution in [2.45, 2.75) is 24.8 Å². The lowest BCUT2D eigenvalue weighted by Crippen LogP contribution is -2.50. The molecular weight excluding hydrogens is 564 g/mol. The highest BCUT2D eigenvalue weighted by atomic mass is 79.9. The number of likely N-dealkylation sites (N-methyl/N-ethyl adjacent to an activating group) is 1. The number of hydrogen-bond acceptors (Lipinski definition) is 3. The Bertz CT molecular complexity index is 1060. The summed E-state index contributed by atoms with van der Waals surface area (Å²) in [6.07, 6.45) is 0.456. The quantitative estimate of drug-likeness (QED) is 0.324. The van der Waals surface area contributed by atoms with Crippen molar-refractivity contribution in [1.29, 1.82) is 0 Å². The number of amides is 2. The number of hydrogen-bond donors (Lipinski definition) is 1. The zero-order valence-electron chi connectivity index (χ0n) is 18.3. The zero-order valence-corrected chi connectivity index (χ0v) is 22.3. The van der Waals surface area contributed by atoms with Crippen molar-refractivity contribution in [2.24, 2.45) is 0 Å². The average molecular weight is 590 g/mol. The van der Waals surface area contributed by atoms with Crippen LogP contribution in [0.1, 0.15) is 16.7 Å². The molecule has 0 aromatic heterocycles. The summed E-state index contributed by atoms with van der Waals surface area (Å²) in [6, 6.07) is 25.2. The number of rotatable bonds is 10. The van der Waals surface area contributed by atoms with E-state index in [-0.39, 0.29) is 11.8 Å². The largest absolute Gasteiger partial charge is 0.357 e. The molecule has 0 fully saturated rings. The molecule has 0 saturated carbocycles. The molecule has 0 aliphatic heterocycles. The van der Waals surface area contributed by atoms with Crippen LogP contribution in [0, 0.1) is 0 Å². The first-order chi connectivity index (χ1) is 16.0. The van der Waals surface area contributed by atoms with E-state index in [4.69, 9.17) is 0 Å². The van der Waals surface area contributed by atoms with E-state index in [9.17, 15) is 9.59 Å². The van der Waals surface area contributed by atoms with Gasteiger partial charge in [0.15, 0.2) is 0 Å². The van der Waals surface area contributed by atoms with Crippen molar-refractivity contribution >= 4 is 55.4 Å². The summed E-state index contributed by atoms with van der Waals surface area (Å²) in [5.74, 6) is 0.807. The standard InChI is InChI=1S/C26H26Br2N2O2S/c1-29-26(32)24(15-19-6-3-2-4-7-19)30(16-21-8-5-9-23(28)14-21)25(31)18-33-17-20-10-12-22(27)13-11-20/h2-14,24H,15-18H2,1H3,(H,29,32)/t24-/m1/s1. The summed E-state index contributed by atoms with van der Waals surface area (Å²) in [7, 11) is 1.62. The number of carbonyl (C=O) groups excluding carboxylic acids is 2. The zero-order chi connectivity index (χ0) is 23.6. The van der Waals surface area contributed by atoms with Gasteiger partial charge in [-0.1, -0.05) is 86.5 Å². The first-order valence-electron chi connectivity index (χ1n) is 10.6. The molecule has 0 bridgehead atoms. The van der Waals surface area contributed by atoms with Gasteiger partial charge in [0, 0.05) is 34.7 Å². The molecule has 1 atom stereocenters. The Balaban J connectivity index is 1.80. The van der Waals surface area contributed by atoms with Crippen molar-refractivity contribution in [3.63, 3.8) is 0 Å². The molecule has 3 aromatic rings. The molecule has 33 heavy (non-hydrogen) atoms. The number of nitrogens with one attached hydrogen (secondary N) is 1. The molecule has 0 aliphatic carbocycles. The normalized spacial score (nSPS) is 11.6.